The van der Waals surface area contributed by atoms with Crippen LogP contribution in [-0.2, 0) is 33.1 Å². The van der Waals surface area contributed by atoms with Crippen LogP contribution in [0.1, 0.15) is 41.6 Å². The number of carbonyl (C=O) groups excluding carboxylic acids is 1. The number of nitrogens with zero attached hydrogens (tertiary/aromatic N) is 5. The smallest absolute Gasteiger partial charge is 0.338 e. The molecule has 0 bridgehead atoms. The number of piperazine rings is 1. The van der Waals surface area contributed by atoms with Crippen LogP contribution in [0.3, 0.4) is 0 Å². The van der Waals surface area contributed by atoms with E-state index in [-0.39, 0.29) is 18.2 Å². The Morgan fingerprint density at radius 1 is 1.10 bits per heavy atom. The molecular weight excluding hydrogens is 638 g/mol. The average Bonchev–Trinajstić information content (AvgIpc) is 3.91. The minimum Gasteiger partial charge on any atom is -0.494 e. The summed E-state index contributed by atoms with van der Waals surface area (Å²) in [5, 5.41) is 0.552. The Bertz CT molecular complexity index is 1850. The molecule has 48 heavy (non-hydrogen) atoms. The Morgan fingerprint density at radius 3 is 2.75 bits per heavy atom. The van der Waals surface area contributed by atoms with Gasteiger partial charge in [-0.15, -0.1) is 0 Å². The van der Waals surface area contributed by atoms with Crippen LogP contribution in [0.5, 0.6) is 17.2 Å². The van der Waals surface area contributed by atoms with Crippen LogP contribution in [-0.4, -0.2) is 90.7 Å². The van der Waals surface area contributed by atoms with Gasteiger partial charge in [-0.1, -0.05) is 17.7 Å². The third kappa shape index (κ3) is 5.40. The summed E-state index contributed by atoms with van der Waals surface area (Å²) in [5.74, 6) is 1.30. The molecule has 13 heteroatoms. The third-order valence-corrected chi connectivity index (χ3v) is 10.1. The number of para-hydroxylation sites is 1. The van der Waals surface area contributed by atoms with Crippen molar-refractivity contribution in [3.05, 3.63) is 70.8 Å². The molecule has 0 aliphatic carbocycles. The number of imidazole rings is 1. The number of benzene rings is 2. The molecule has 0 amide bonds. The Kier molecular flexibility index (Phi) is 8.06. The Morgan fingerprint density at radius 2 is 1.98 bits per heavy atom. The normalized spacial score (nSPS) is 25.1. The first kappa shape index (κ1) is 31.2. The summed E-state index contributed by atoms with van der Waals surface area (Å²) in [4.78, 5) is 27.0. The molecule has 252 valence electrons. The topological polar surface area (TPSA) is 110 Å². The number of hydrogen-bond acceptors (Lipinski definition) is 11. The predicted molar refractivity (Wildman–Crippen MR) is 177 cm³/mol. The summed E-state index contributed by atoms with van der Waals surface area (Å²) in [6, 6.07) is 13.4. The molecule has 4 aliphatic rings. The van der Waals surface area contributed by atoms with Crippen LogP contribution in [0.25, 0.3) is 11.0 Å². The van der Waals surface area contributed by atoms with Gasteiger partial charge in [0, 0.05) is 32.8 Å². The molecule has 0 saturated carbocycles. The number of halogens is 1. The molecule has 0 N–H and O–H groups in total. The Hall–Kier alpha value is -4.10. The molecule has 0 radical (unpaired) electrons. The number of esters is 1. The standard InChI is InChI=1S/C35H38ClN5O7/c1-35(30-10-9-22(36)16-37-30)47-28-8-4-7-24(33(28)48-35)40-12-11-39(26-19-45-20-27(26)40)18-31-38-32-25(41(31)17-23-6-5-13-46-23)14-21(34(42)44-3)15-29(32)43-2/h4,7-10,14-16,23,26-27H,5-6,11-13,17-20H2,1-3H3/t23-,26?,27?,35?/m0/s1. The maximum Gasteiger partial charge on any atom is 0.338 e. The largest absolute Gasteiger partial charge is 0.494 e. The first-order valence-electron chi connectivity index (χ1n) is 16.3. The van der Waals surface area contributed by atoms with E-state index >= 15 is 0 Å². The molecule has 0 spiro atoms. The molecule has 4 atom stereocenters. The maximum atomic E-state index is 12.6. The highest BCUT2D eigenvalue weighted by Gasteiger charge is 2.46. The second-order valence-electron chi connectivity index (χ2n) is 12.8. The van der Waals surface area contributed by atoms with E-state index in [1.165, 1.54) is 7.11 Å². The number of carbonyl (C=O) groups is 1. The number of anilines is 1. The van der Waals surface area contributed by atoms with Gasteiger partial charge in [0.1, 0.15) is 22.8 Å². The van der Waals surface area contributed by atoms with Crippen molar-refractivity contribution in [1.29, 1.82) is 0 Å². The molecule has 8 rings (SSSR count). The highest BCUT2D eigenvalue weighted by molar-refractivity contribution is 6.30. The lowest BCUT2D eigenvalue weighted by Crippen LogP contribution is -2.59. The van der Waals surface area contributed by atoms with Crippen LogP contribution in [0.15, 0.2) is 48.7 Å². The van der Waals surface area contributed by atoms with Crippen molar-refractivity contribution in [1.82, 2.24) is 19.4 Å². The molecule has 3 saturated heterocycles. The molecular formula is C35H38ClN5O7. The van der Waals surface area contributed by atoms with E-state index in [1.54, 1.807) is 25.4 Å². The lowest BCUT2D eigenvalue weighted by Gasteiger charge is -2.44. The lowest BCUT2D eigenvalue weighted by molar-refractivity contribution is -0.0716. The summed E-state index contributed by atoms with van der Waals surface area (Å²) in [5.41, 5.74) is 3.57. The number of fused-ring (bicyclic) bond motifs is 3. The maximum absolute atomic E-state index is 12.6. The summed E-state index contributed by atoms with van der Waals surface area (Å²) in [6.07, 6.45) is 3.68. The summed E-state index contributed by atoms with van der Waals surface area (Å²) < 4.78 is 38.1. The minimum absolute atomic E-state index is 0.0736. The molecule has 2 aromatic heterocycles. The van der Waals surface area contributed by atoms with Gasteiger partial charge < -0.3 is 37.9 Å². The summed E-state index contributed by atoms with van der Waals surface area (Å²) in [6.45, 7) is 6.58. The van der Waals surface area contributed by atoms with Gasteiger partial charge in [0.05, 0.1) is 80.5 Å². The summed E-state index contributed by atoms with van der Waals surface area (Å²) >= 11 is 6.10. The van der Waals surface area contributed by atoms with Crippen molar-refractivity contribution in [3.63, 3.8) is 0 Å². The van der Waals surface area contributed by atoms with Crippen molar-refractivity contribution < 1.29 is 33.2 Å². The SMILES string of the molecule is COC(=O)c1cc(OC)c2nc(CN3CCN(c4cccc5c4OC(C)(c4ccc(Cl)cn4)O5)C4COCC43)n(C[C@@H]3CCCO3)c2c1. The van der Waals surface area contributed by atoms with E-state index in [0.717, 1.165) is 49.6 Å². The van der Waals surface area contributed by atoms with Gasteiger partial charge in [0.2, 0.25) is 0 Å². The van der Waals surface area contributed by atoms with Crippen molar-refractivity contribution in [2.45, 2.75) is 56.8 Å². The number of aromatic nitrogens is 3. The van der Waals surface area contributed by atoms with Crippen LogP contribution >= 0.6 is 11.6 Å². The number of hydrogen-bond donors (Lipinski definition) is 0. The molecule has 4 aromatic rings. The third-order valence-electron chi connectivity index (χ3n) is 9.87. The van der Waals surface area contributed by atoms with Crippen molar-refractivity contribution >= 4 is 34.3 Å². The monoisotopic (exact) mass is 675 g/mol. The van der Waals surface area contributed by atoms with E-state index in [1.807, 2.05) is 31.2 Å². The number of pyridine rings is 1. The van der Waals surface area contributed by atoms with E-state index < -0.39 is 11.8 Å². The fraction of sp³-hybridized carbons (Fsp3) is 0.457. The molecule has 6 heterocycles. The van der Waals surface area contributed by atoms with Crippen LogP contribution in [0.2, 0.25) is 5.02 Å². The molecule has 12 nitrogen and oxygen atoms in total. The van der Waals surface area contributed by atoms with Crippen molar-refractivity contribution in [2.24, 2.45) is 0 Å². The van der Waals surface area contributed by atoms with Gasteiger partial charge >= 0.3 is 5.97 Å². The number of rotatable bonds is 8. The van der Waals surface area contributed by atoms with Gasteiger partial charge in [-0.2, -0.15) is 0 Å². The van der Waals surface area contributed by atoms with Crippen LogP contribution < -0.4 is 19.1 Å². The first-order valence-corrected chi connectivity index (χ1v) is 16.7. The average molecular weight is 676 g/mol. The van der Waals surface area contributed by atoms with Crippen LogP contribution in [0, 0.1) is 0 Å². The number of methoxy groups -OCH3 is 2. The fourth-order valence-corrected chi connectivity index (χ4v) is 7.57. The zero-order valence-electron chi connectivity index (χ0n) is 27.2. The highest BCUT2D eigenvalue weighted by Crippen LogP contribution is 2.50. The van der Waals surface area contributed by atoms with E-state index in [0.29, 0.717) is 65.3 Å². The van der Waals surface area contributed by atoms with Gasteiger partial charge in [-0.25, -0.2) is 9.78 Å². The minimum atomic E-state index is -1.08. The van der Waals surface area contributed by atoms with Crippen molar-refractivity contribution in [2.75, 3.05) is 52.0 Å². The van der Waals surface area contributed by atoms with Crippen molar-refractivity contribution in [3.8, 4) is 17.2 Å². The highest BCUT2D eigenvalue weighted by atomic mass is 35.5. The van der Waals surface area contributed by atoms with Crippen LogP contribution in [0.4, 0.5) is 5.69 Å². The zero-order chi connectivity index (χ0) is 33.0. The van der Waals surface area contributed by atoms with Gasteiger partial charge in [-0.05, 0) is 49.2 Å². The predicted octanol–water partition coefficient (Wildman–Crippen LogP) is 4.79. The fourth-order valence-electron chi connectivity index (χ4n) is 7.46. The van der Waals surface area contributed by atoms with E-state index in [4.69, 9.17) is 45.0 Å². The summed E-state index contributed by atoms with van der Waals surface area (Å²) in [7, 11) is 2.98. The molecule has 3 unspecified atom stereocenters. The molecule has 3 fully saturated rings. The van der Waals surface area contributed by atoms with Gasteiger partial charge in [0.15, 0.2) is 11.5 Å². The van der Waals surface area contributed by atoms with Gasteiger partial charge in [0.25, 0.3) is 5.79 Å². The first-order chi connectivity index (χ1) is 23.3. The Labute approximate surface area is 283 Å². The molecule has 4 aliphatic heterocycles. The second kappa shape index (κ2) is 12.4. The van der Waals surface area contributed by atoms with E-state index in [9.17, 15) is 4.79 Å². The second-order valence-corrected chi connectivity index (χ2v) is 13.2. The Balaban J connectivity index is 1.09. The quantitative estimate of drug-likeness (QED) is 0.241. The van der Waals surface area contributed by atoms with E-state index in [2.05, 4.69) is 25.4 Å². The lowest BCUT2D eigenvalue weighted by atomic mass is 10.0. The number of ether oxygens (including phenoxy) is 6. The zero-order valence-corrected chi connectivity index (χ0v) is 27.9. The van der Waals surface area contributed by atoms with Gasteiger partial charge in [-0.3, -0.25) is 9.88 Å². The molecule has 2 aromatic carbocycles.